The second kappa shape index (κ2) is 11.4. The van der Waals surface area contributed by atoms with Gasteiger partial charge in [0.25, 0.3) is 0 Å². The van der Waals surface area contributed by atoms with Crippen molar-refractivity contribution in [3.8, 4) is 0 Å². The van der Waals surface area contributed by atoms with E-state index < -0.39 is 7.75 Å². The normalized spacial score (nSPS) is 31.5. The van der Waals surface area contributed by atoms with E-state index in [-0.39, 0.29) is 12.2 Å². The van der Waals surface area contributed by atoms with Gasteiger partial charge in [-0.2, -0.15) is 0 Å². The minimum atomic E-state index is -3.64. The summed E-state index contributed by atoms with van der Waals surface area (Å²) >= 11 is 0. The quantitative estimate of drug-likeness (QED) is 0.368. The van der Waals surface area contributed by atoms with E-state index in [4.69, 9.17) is 9.05 Å². The maximum Gasteiger partial charge on any atom is 0.433 e. The Bertz CT molecular complexity index is 978. The summed E-state index contributed by atoms with van der Waals surface area (Å²) in [5.41, 5.74) is 0.821. The molecule has 2 aromatic carbocycles. The lowest BCUT2D eigenvalue weighted by atomic mass is 9.75. The Hall–Kier alpha value is -1.35. The van der Waals surface area contributed by atoms with E-state index >= 15 is 0 Å². The van der Waals surface area contributed by atoms with Crippen LogP contribution in [-0.4, -0.2) is 12.2 Å². The van der Waals surface area contributed by atoms with Gasteiger partial charge in [-0.3, -0.25) is 14.1 Å². The Morgan fingerprint density at radius 1 is 0.771 bits per heavy atom. The van der Waals surface area contributed by atoms with Crippen LogP contribution in [0.3, 0.4) is 0 Å². The highest BCUT2D eigenvalue weighted by Gasteiger charge is 2.42. The van der Waals surface area contributed by atoms with Gasteiger partial charge in [0, 0.05) is 5.39 Å². The summed E-state index contributed by atoms with van der Waals surface area (Å²) in [6.07, 6.45) is 6.39. The maximum atomic E-state index is 14.8. The molecular formula is C30H46NO3P. The average Bonchev–Trinajstić information content (AvgIpc) is 2.79. The number of hydrogen-bond acceptors (Lipinski definition) is 3. The van der Waals surface area contributed by atoms with Crippen molar-refractivity contribution in [3.63, 3.8) is 0 Å². The van der Waals surface area contributed by atoms with Gasteiger partial charge in [-0.1, -0.05) is 90.8 Å². The Balaban J connectivity index is 1.68. The van der Waals surface area contributed by atoms with Crippen LogP contribution in [0.15, 0.2) is 42.5 Å². The number of rotatable bonds is 8. The largest absolute Gasteiger partial charge is 0.433 e. The Labute approximate surface area is 213 Å². The molecule has 2 aromatic rings. The highest BCUT2D eigenvalue weighted by molar-refractivity contribution is 7.55. The van der Waals surface area contributed by atoms with Gasteiger partial charge in [0.15, 0.2) is 0 Å². The summed E-state index contributed by atoms with van der Waals surface area (Å²) in [6.45, 7) is 13.6. The molecule has 0 aromatic heterocycles. The van der Waals surface area contributed by atoms with Crippen LogP contribution in [0.5, 0.6) is 0 Å². The van der Waals surface area contributed by atoms with Gasteiger partial charge in [0.05, 0.1) is 17.9 Å². The van der Waals surface area contributed by atoms with Crippen LogP contribution in [0.4, 0.5) is 5.69 Å². The fraction of sp³-hybridized carbons (Fsp3) is 0.667. The lowest BCUT2D eigenvalue weighted by Gasteiger charge is -2.41. The summed E-state index contributed by atoms with van der Waals surface area (Å²) in [6, 6.07) is 14.3. The first-order chi connectivity index (χ1) is 16.6. The maximum absolute atomic E-state index is 14.8. The topological polar surface area (TPSA) is 47.6 Å². The van der Waals surface area contributed by atoms with Gasteiger partial charge in [-0.15, -0.1) is 0 Å². The molecule has 5 heteroatoms. The van der Waals surface area contributed by atoms with Crippen molar-refractivity contribution in [3.05, 3.63) is 42.5 Å². The molecular weight excluding hydrogens is 453 g/mol. The van der Waals surface area contributed by atoms with Crippen molar-refractivity contribution in [1.82, 2.24) is 0 Å². The van der Waals surface area contributed by atoms with Crippen molar-refractivity contribution in [2.24, 2.45) is 35.5 Å². The third kappa shape index (κ3) is 6.51. The lowest BCUT2D eigenvalue weighted by Crippen LogP contribution is -2.37. The zero-order valence-corrected chi connectivity index (χ0v) is 23.5. The molecule has 35 heavy (non-hydrogen) atoms. The third-order valence-corrected chi connectivity index (χ3v) is 10.1. The van der Waals surface area contributed by atoms with E-state index in [9.17, 15) is 4.57 Å². The zero-order chi connectivity index (χ0) is 25.2. The molecule has 7 atom stereocenters. The van der Waals surface area contributed by atoms with Crippen molar-refractivity contribution in [1.29, 1.82) is 0 Å². The van der Waals surface area contributed by atoms with E-state index in [0.29, 0.717) is 35.5 Å². The molecule has 1 unspecified atom stereocenters. The number of anilines is 1. The molecule has 4 nitrogen and oxygen atoms in total. The average molecular weight is 500 g/mol. The molecule has 0 saturated heterocycles. The van der Waals surface area contributed by atoms with Crippen LogP contribution < -0.4 is 5.09 Å². The Morgan fingerprint density at radius 3 is 1.83 bits per heavy atom. The molecule has 0 amide bonds. The number of fused-ring (bicyclic) bond motifs is 1. The molecule has 4 rings (SSSR count). The fourth-order valence-corrected chi connectivity index (χ4v) is 8.22. The molecule has 2 aliphatic rings. The van der Waals surface area contributed by atoms with Gasteiger partial charge in [-0.25, -0.2) is 4.57 Å². The fourth-order valence-electron chi connectivity index (χ4n) is 6.38. The monoisotopic (exact) mass is 499 g/mol. The molecule has 2 aliphatic carbocycles. The summed E-state index contributed by atoms with van der Waals surface area (Å²) in [5.74, 6) is 2.89. The summed E-state index contributed by atoms with van der Waals surface area (Å²) in [4.78, 5) is 0. The molecule has 0 aliphatic heterocycles. The van der Waals surface area contributed by atoms with Crippen LogP contribution in [0.25, 0.3) is 10.8 Å². The lowest BCUT2D eigenvalue weighted by molar-refractivity contribution is -0.00187. The molecule has 0 heterocycles. The highest BCUT2D eigenvalue weighted by Crippen LogP contribution is 2.56. The van der Waals surface area contributed by atoms with E-state index in [2.05, 4.69) is 64.8 Å². The van der Waals surface area contributed by atoms with Crippen LogP contribution in [0.2, 0.25) is 0 Å². The van der Waals surface area contributed by atoms with Crippen molar-refractivity contribution in [2.75, 3.05) is 5.09 Å². The van der Waals surface area contributed by atoms with Crippen LogP contribution in [-0.2, 0) is 13.6 Å². The first-order valence-electron chi connectivity index (χ1n) is 13.9. The standard InChI is InChI=1S/C30H46NO3P/c1-20(2)25-16-14-22(5)18-29(25)33-35(32,34-30-19-23(6)15-17-26(30)21(3)4)31-28-13-9-11-24-10-7-8-12-27(24)28/h7-13,20-23,25-26,29-30H,14-19H2,1-6H3,(H,31,32)/t22-,23+,25-,26+,29-,30-,35?/m1/s1. The van der Waals surface area contributed by atoms with Crippen LogP contribution in [0, 0.1) is 35.5 Å². The smallest absolute Gasteiger partial charge is 0.292 e. The minimum Gasteiger partial charge on any atom is -0.292 e. The van der Waals surface area contributed by atoms with Crippen molar-refractivity contribution >= 4 is 24.2 Å². The molecule has 194 valence electrons. The predicted molar refractivity (Wildman–Crippen MR) is 148 cm³/mol. The first kappa shape index (κ1) is 26.7. The van der Waals surface area contributed by atoms with Gasteiger partial charge in [0.2, 0.25) is 0 Å². The van der Waals surface area contributed by atoms with E-state index in [1.165, 1.54) is 12.8 Å². The van der Waals surface area contributed by atoms with Crippen LogP contribution in [0.1, 0.15) is 80.1 Å². The Kier molecular flexibility index (Phi) is 8.67. The molecule has 0 bridgehead atoms. The highest BCUT2D eigenvalue weighted by atomic mass is 31.2. The Morgan fingerprint density at radius 2 is 1.29 bits per heavy atom. The molecule has 2 fully saturated rings. The van der Waals surface area contributed by atoms with E-state index in [1.807, 2.05) is 24.3 Å². The van der Waals surface area contributed by atoms with Gasteiger partial charge < -0.3 is 0 Å². The second-order valence-electron chi connectivity index (χ2n) is 12.1. The minimum absolute atomic E-state index is 0.0643. The summed E-state index contributed by atoms with van der Waals surface area (Å²) in [7, 11) is -3.64. The number of benzene rings is 2. The zero-order valence-electron chi connectivity index (χ0n) is 22.6. The molecule has 0 radical (unpaired) electrons. The SMILES string of the molecule is CC(C)[C@H]1CC[C@@H](C)C[C@H]1OP(=O)(Nc1cccc2ccccc12)O[C@@H]1C[C@@H](C)CC[C@H]1C(C)C. The van der Waals surface area contributed by atoms with Crippen molar-refractivity contribution in [2.45, 2.75) is 92.3 Å². The van der Waals surface area contributed by atoms with E-state index in [1.54, 1.807) is 0 Å². The summed E-state index contributed by atoms with van der Waals surface area (Å²) < 4.78 is 28.1. The van der Waals surface area contributed by atoms with Gasteiger partial charge >= 0.3 is 7.75 Å². The molecule has 2 saturated carbocycles. The van der Waals surface area contributed by atoms with Crippen LogP contribution >= 0.6 is 7.75 Å². The number of nitrogens with one attached hydrogen (secondary N) is 1. The second-order valence-corrected chi connectivity index (χ2v) is 13.7. The van der Waals surface area contributed by atoms with Gasteiger partial charge in [-0.05, 0) is 72.6 Å². The van der Waals surface area contributed by atoms with E-state index in [0.717, 1.165) is 42.1 Å². The molecule has 1 N–H and O–H groups in total. The third-order valence-electron chi connectivity index (χ3n) is 8.52. The predicted octanol–water partition coefficient (Wildman–Crippen LogP) is 9.31. The number of hydrogen-bond donors (Lipinski definition) is 1. The first-order valence-corrected chi connectivity index (χ1v) is 15.4. The van der Waals surface area contributed by atoms with Crippen molar-refractivity contribution < 1.29 is 13.6 Å². The molecule has 0 spiro atoms. The van der Waals surface area contributed by atoms with Gasteiger partial charge in [0.1, 0.15) is 0 Å². The summed E-state index contributed by atoms with van der Waals surface area (Å²) in [5, 5.41) is 5.50.